The summed E-state index contributed by atoms with van der Waals surface area (Å²) in [5, 5.41) is 3.31. The first kappa shape index (κ1) is 11.9. The van der Waals surface area contributed by atoms with Crippen molar-refractivity contribution in [1.82, 2.24) is 5.32 Å². The predicted octanol–water partition coefficient (Wildman–Crippen LogP) is 2.01. The molecule has 4 heteroatoms. The average molecular weight is 234 g/mol. The van der Waals surface area contributed by atoms with Gasteiger partial charge in [0, 0.05) is 12.2 Å². The molecule has 1 aromatic rings. The summed E-state index contributed by atoms with van der Waals surface area (Å²) in [4.78, 5) is 13.6. The van der Waals surface area contributed by atoms with Crippen LogP contribution in [-0.4, -0.2) is 32.3 Å². The molecule has 2 rings (SSSR count). The van der Waals surface area contributed by atoms with Crippen LogP contribution in [0.4, 0.5) is 10.5 Å². The average Bonchev–Trinajstić information content (AvgIpc) is 2.41. The molecule has 1 aliphatic heterocycles. The molecular formula is C13H18N2O2. The van der Waals surface area contributed by atoms with Gasteiger partial charge in [0.15, 0.2) is 0 Å². The van der Waals surface area contributed by atoms with Crippen LogP contribution in [0.25, 0.3) is 0 Å². The zero-order chi connectivity index (χ0) is 12.1. The topological polar surface area (TPSA) is 41.6 Å². The number of hydrogen-bond donors (Lipinski definition) is 1. The van der Waals surface area contributed by atoms with Gasteiger partial charge in [0.25, 0.3) is 0 Å². The van der Waals surface area contributed by atoms with Gasteiger partial charge in [-0.25, -0.2) is 4.79 Å². The molecule has 0 bridgehead atoms. The fourth-order valence-corrected chi connectivity index (χ4v) is 2.21. The van der Waals surface area contributed by atoms with E-state index in [2.05, 4.69) is 5.32 Å². The summed E-state index contributed by atoms with van der Waals surface area (Å²) >= 11 is 0. The smallest absolute Gasteiger partial charge is 0.414 e. The Balaban J connectivity index is 2.21. The molecule has 1 saturated heterocycles. The van der Waals surface area contributed by atoms with Crippen molar-refractivity contribution >= 4 is 11.8 Å². The van der Waals surface area contributed by atoms with E-state index in [9.17, 15) is 4.79 Å². The van der Waals surface area contributed by atoms with E-state index in [1.165, 1.54) is 7.11 Å². The van der Waals surface area contributed by atoms with E-state index in [1.807, 2.05) is 30.3 Å². The van der Waals surface area contributed by atoms with E-state index in [0.717, 1.165) is 31.6 Å². The molecule has 1 atom stereocenters. The number of para-hydroxylation sites is 1. The molecule has 1 aliphatic rings. The normalized spacial score (nSPS) is 19.7. The Bertz CT molecular complexity index is 361. The molecule has 0 aliphatic carbocycles. The minimum absolute atomic E-state index is 0.179. The highest BCUT2D eigenvalue weighted by Gasteiger charge is 2.27. The van der Waals surface area contributed by atoms with E-state index in [-0.39, 0.29) is 12.1 Å². The molecule has 0 spiro atoms. The van der Waals surface area contributed by atoms with Gasteiger partial charge in [-0.05, 0) is 31.5 Å². The Kier molecular flexibility index (Phi) is 3.98. The second kappa shape index (κ2) is 5.68. The fraction of sp³-hybridized carbons (Fsp3) is 0.462. The van der Waals surface area contributed by atoms with E-state index in [1.54, 1.807) is 4.90 Å². The number of piperidine rings is 1. The third kappa shape index (κ3) is 2.77. The number of carbonyl (C=O) groups excluding carboxylic acids is 1. The van der Waals surface area contributed by atoms with Gasteiger partial charge in [0.2, 0.25) is 0 Å². The number of nitrogens with one attached hydrogen (secondary N) is 1. The number of hydrogen-bond acceptors (Lipinski definition) is 3. The molecule has 92 valence electrons. The van der Waals surface area contributed by atoms with Crippen LogP contribution in [-0.2, 0) is 4.74 Å². The van der Waals surface area contributed by atoms with Crippen molar-refractivity contribution in [2.75, 3.05) is 25.1 Å². The zero-order valence-electron chi connectivity index (χ0n) is 10.1. The monoisotopic (exact) mass is 234 g/mol. The first-order valence-corrected chi connectivity index (χ1v) is 5.96. The van der Waals surface area contributed by atoms with Crippen LogP contribution in [0, 0.1) is 0 Å². The first-order chi connectivity index (χ1) is 8.33. The Morgan fingerprint density at radius 2 is 2.18 bits per heavy atom. The quantitative estimate of drug-likeness (QED) is 0.851. The Morgan fingerprint density at radius 3 is 2.76 bits per heavy atom. The van der Waals surface area contributed by atoms with Gasteiger partial charge in [-0.2, -0.15) is 0 Å². The van der Waals surface area contributed by atoms with Gasteiger partial charge in [0.1, 0.15) is 0 Å². The number of benzene rings is 1. The van der Waals surface area contributed by atoms with Crippen molar-refractivity contribution in [3.63, 3.8) is 0 Å². The van der Waals surface area contributed by atoms with Crippen LogP contribution >= 0.6 is 0 Å². The lowest BCUT2D eigenvalue weighted by Crippen LogP contribution is -2.49. The number of anilines is 1. The standard InChI is InChI=1S/C13H18N2O2/c1-17-13(16)15(11-6-3-2-4-7-11)12-8-5-9-14-10-12/h2-4,6-7,12,14H,5,8-10H2,1H3. The minimum atomic E-state index is -0.287. The maximum absolute atomic E-state index is 11.9. The third-order valence-electron chi connectivity index (χ3n) is 3.04. The lowest BCUT2D eigenvalue weighted by molar-refractivity contribution is 0.174. The van der Waals surface area contributed by atoms with E-state index < -0.39 is 0 Å². The van der Waals surface area contributed by atoms with Crippen LogP contribution < -0.4 is 10.2 Å². The van der Waals surface area contributed by atoms with Crippen LogP contribution in [0.2, 0.25) is 0 Å². The van der Waals surface area contributed by atoms with Gasteiger partial charge in [-0.3, -0.25) is 4.90 Å². The highest BCUT2D eigenvalue weighted by Crippen LogP contribution is 2.21. The molecule has 1 unspecified atom stereocenters. The van der Waals surface area contributed by atoms with E-state index >= 15 is 0 Å². The summed E-state index contributed by atoms with van der Waals surface area (Å²) in [6, 6.07) is 9.86. The summed E-state index contributed by atoms with van der Waals surface area (Å²) in [7, 11) is 1.43. The maximum Gasteiger partial charge on any atom is 0.414 e. The minimum Gasteiger partial charge on any atom is -0.452 e. The van der Waals surface area contributed by atoms with Crippen LogP contribution in [0.1, 0.15) is 12.8 Å². The maximum atomic E-state index is 11.9. The van der Waals surface area contributed by atoms with Gasteiger partial charge in [-0.15, -0.1) is 0 Å². The summed E-state index contributed by atoms with van der Waals surface area (Å²) in [6.07, 6.45) is 1.81. The summed E-state index contributed by atoms with van der Waals surface area (Å²) in [5.41, 5.74) is 0.896. The SMILES string of the molecule is COC(=O)N(c1ccccc1)C1CCCNC1. The van der Waals surface area contributed by atoms with Crippen LogP contribution in [0.15, 0.2) is 30.3 Å². The Hall–Kier alpha value is -1.55. The van der Waals surface area contributed by atoms with Crippen molar-refractivity contribution < 1.29 is 9.53 Å². The number of methoxy groups -OCH3 is 1. The highest BCUT2D eigenvalue weighted by atomic mass is 16.5. The molecule has 1 fully saturated rings. The molecule has 0 saturated carbocycles. The van der Waals surface area contributed by atoms with Gasteiger partial charge in [0.05, 0.1) is 13.2 Å². The van der Waals surface area contributed by atoms with Crippen LogP contribution in [0.5, 0.6) is 0 Å². The molecule has 1 amide bonds. The lowest BCUT2D eigenvalue weighted by atomic mass is 10.1. The Morgan fingerprint density at radius 1 is 1.41 bits per heavy atom. The molecule has 17 heavy (non-hydrogen) atoms. The largest absolute Gasteiger partial charge is 0.452 e. The molecule has 0 radical (unpaired) electrons. The second-order valence-electron chi connectivity index (χ2n) is 4.18. The Labute approximate surface area is 102 Å². The van der Waals surface area contributed by atoms with Gasteiger partial charge < -0.3 is 10.1 Å². The van der Waals surface area contributed by atoms with Crippen molar-refractivity contribution in [3.8, 4) is 0 Å². The highest BCUT2D eigenvalue weighted by molar-refractivity contribution is 5.88. The fourth-order valence-electron chi connectivity index (χ4n) is 2.21. The number of rotatable bonds is 2. The van der Waals surface area contributed by atoms with Crippen LogP contribution in [0.3, 0.4) is 0 Å². The first-order valence-electron chi connectivity index (χ1n) is 5.96. The van der Waals surface area contributed by atoms with Gasteiger partial charge >= 0.3 is 6.09 Å². The van der Waals surface area contributed by atoms with Crippen molar-refractivity contribution in [1.29, 1.82) is 0 Å². The molecular weight excluding hydrogens is 216 g/mol. The molecule has 1 N–H and O–H groups in total. The molecule has 4 nitrogen and oxygen atoms in total. The number of ether oxygens (including phenoxy) is 1. The predicted molar refractivity (Wildman–Crippen MR) is 67.2 cm³/mol. The van der Waals surface area contributed by atoms with E-state index in [0.29, 0.717) is 0 Å². The van der Waals surface area contributed by atoms with E-state index in [4.69, 9.17) is 4.74 Å². The molecule has 0 aromatic heterocycles. The van der Waals surface area contributed by atoms with Crippen molar-refractivity contribution in [2.45, 2.75) is 18.9 Å². The number of nitrogens with zero attached hydrogens (tertiary/aromatic N) is 1. The summed E-state index contributed by atoms with van der Waals surface area (Å²) in [6.45, 7) is 1.85. The number of carbonyl (C=O) groups is 1. The summed E-state index contributed by atoms with van der Waals surface area (Å²) < 4.78 is 4.88. The summed E-state index contributed by atoms with van der Waals surface area (Å²) in [5.74, 6) is 0. The number of amides is 1. The molecule has 1 heterocycles. The lowest BCUT2D eigenvalue weighted by Gasteiger charge is -2.33. The third-order valence-corrected chi connectivity index (χ3v) is 3.04. The zero-order valence-corrected chi connectivity index (χ0v) is 10.1. The second-order valence-corrected chi connectivity index (χ2v) is 4.18. The van der Waals surface area contributed by atoms with Crippen molar-refractivity contribution in [3.05, 3.63) is 30.3 Å². The van der Waals surface area contributed by atoms with Gasteiger partial charge in [-0.1, -0.05) is 18.2 Å². The molecule has 1 aromatic carbocycles. The van der Waals surface area contributed by atoms with Crippen molar-refractivity contribution in [2.24, 2.45) is 0 Å².